The molecule has 38 heavy (non-hydrogen) atoms. The zero-order valence-electron chi connectivity index (χ0n) is 26.0. The van der Waals surface area contributed by atoms with Crippen LogP contribution in [0, 0.1) is 0 Å². The van der Waals surface area contributed by atoms with Crippen molar-refractivity contribution in [1.82, 2.24) is 5.32 Å². The summed E-state index contributed by atoms with van der Waals surface area (Å²) in [5.41, 5.74) is 0. The number of esters is 1. The van der Waals surface area contributed by atoms with Gasteiger partial charge in [-0.25, -0.2) is 0 Å². The number of nitrogens with zero attached hydrogens (tertiary/aromatic N) is 1. The molecule has 0 aliphatic carbocycles. The minimum atomic E-state index is -2.13. The lowest BCUT2D eigenvalue weighted by molar-refractivity contribution is -0.882. The molecule has 0 saturated heterocycles. The van der Waals surface area contributed by atoms with Gasteiger partial charge in [0.2, 0.25) is 0 Å². The summed E-state index contributed by atoms with van der Waals surface area (Å²) in [5, 5.41) is 2.72. The Morgan fingerprint density at radius 2 is 1.18 bits per heavy atom. The van der Waals surface area contributed by atoms with E-state index >= 15 is 0 Å². The third-order valence-electron chi connectivity index (χ3n) is 7.06. The zero-order chi connectivity index (χ0) is 28.5. The Bertz CT molecular complexity index is 583. The molecule has 0 radical (unpaired) electrons. The number of carbonyl (C=O) groups excluding carboxylic acids is 2. The average Bonchev–Trinajstić information content (AvgIpc) is 2.85. The van der Waals surface area contributed by atoms with E-state index in [1.54, 1.807) is 0 Å². The first-order valence-electron chi connectivity index (χ1n) is 15.7. The molecule has 226 valence electrons. The summed E-state index contributed by atoms with van der Waals surface area (Å²) in [4.78, 5) is 24.4. The van der Waals surface area contributed by atoms with E-state index < -0.39 is 8.56 Å². The molecule has 0 fully saturated rings. The van der Waals surface area contributed by atoms with E-state index in [1.807, 2.05) is 27.9 Å². The van der Waals surface area contributed by atoms with E-state index in [9.17, 15) is 9.59 Å². The van der Waals surface area contributed by atoms with Crippen molar-refractivity contribution in [3.05, 3.63) is 0 Å². The molecular formula is C30H63N2O5Si+. The van der Waals surface area contributed by atoms with E-state index in [2.05, 4.69) is 18.8 Å². The Labute approximate surface area is 236 Å². The molecule has 0 saturated carbocycles. The Kier molecular flexibility index (Phi) is 23.3. The van der Waals surface area contributed by atoms with Crippen molar-refractivity contribution < 1.29 is 27.7 Å². The van der Waals surface area contributed by atoms with E-state index in [0.29, 0.717) is 30.8 Å². The summed E-state index contributed by atoms with van der Waals surface area (Å²) < 4.78 is 17.7. The summed E-state index contributed by atoms with van der Waals surface area (Å²) in [6.07, 6.45) is 19.2. The quantitative estimate of drug-likeness (QED) is 0.0522. The molecule has 0 spiro atoms. The molecule has 0 aliphatic heterocycles. The highest BCUT2D eigenvalue weighted by molar-refractivity contribution is 6.66. The van der Waals surface area contributed by atoms with Crippen LogP contribution in [0.3, 0.4) is 0 Å². The smallest absolute Gasteiger partial charge is 0.335 e. The number of carbonyl (C=O) groups is 2. The van der Waals surface area contributed by atoms with Crippen LogP contribution in [-0.2, 0) is 23.2 Å². The van der Waals surface area contributed by atoms with Crippen LogP contribution in [0.1, 0.15) is 117 Å². The van der Waals surface area contributed by atoms with Gasteiger partial charge in [-0.1, -0.05) is 90.4 Å². The van der Waals surface area contributed by atoms with Crippen LogP contribution in [0.15, 0.2) is 0 Å². The molecule has 0 aromatic heterocycles. The van der Waals surface area contributed by atoms with Crippen LogP contribution in [0.4, 0.5) is 0 Å². The number of rotatable bonds is 27. The van der Waals surface area contributed by atoms with Gasteiger partial charge >= 0.3 is 14.5 Å². The topological polar surface area (TPSA) is 73.9 Å². The zero-order valence-corrected chi connectivity index (χ0v) is 27.0. The third-order valence-corrected chi connectivity index (χ3v) is 10.1. The monoisotopic (exact) mass is 559 g/mol. The molecule has 0 bridgehead atoms. The minimum absolute atomic E-state index is 0.0584. The van der Waals surface area contributed by atoms with Crippen molar-refractivity contribution in [3.63, 3.8) is 0 Å². The van der Waals surface area contributed by atoms with Crippen molar-refractivity contribution in [2.45, 2.75) is 130 Å². The molecule has 0 aromatic rings. The van der Waals surface area contributed by atoms with Gasteiger partial charge in [0.15, 0.2) is 6.54 Å². The van der Waals surface area contributed by atoms with Gasteiger partial charge in [0.05, 0.1) is 27.2 Å². The number of likely N-dealkylation sites (N-methyl/N-ethyl adjacent to an activating group) is 1. The van der Waals surface area contributed by atoms with Crippen molar-refractivity contribution in [1.29, 1.82) is 0 Å². The summed E-state index contributed by atoms with van der Waals surface area (Å²) in [5.74, 6) is -0.480. The maximum Gasteiger partial charge on any atom is 0.335 e. The van der Waals surface area contributed by atoms with Crippen LogP contribution in [0.5, 0.6) is 0 Å². The first-order valence-corrected chi connectivity index (χ1v) is 18.2. The highest BCUT2D eigenvalue weighted by atomic mass is 28.4. The summed E-state index contributed by atoms with van der Waals surface area (Å²) in [6, 6.07) is 0.906. The molecule has 1 amide bonds. The second kappa shape index (κ2) is 23.9. The number of nitrogens with one attached hydrogen (secondary N) is 1. The number of amides is 1. The fourth-order valence-corrected chi connectivity index (χ4v) is 7.25. The second-order valence-corrected chi connectivity index (χ2v) is 14.9. The van der Waals surface area contributed by atoms with Gasteiger partial charge in [-0.2, -0.15) is 0 Å². The van der Waals surface area contributed by atoms with E-state index in [0.717, 1.165) is 31.9 Å². The van der Waals surface area contributed by atoms with Gasteiger partial charge in [0, 0.05) is 13.2 Å². The van der Waals surface area contributed by atoms with Crippen LogP contribution in [-0.4, -0.2) is 78.5 Å². The fourth-order valence-electron chi connectivity index (χ4n) is 4.85. The van der Waals surface area contributed by atoms with E-state index in [4.69, 9.17) is 13.6 Å². The van der Waals surface area contributed by atoms with Crippen molar-refractivity contribution in [2.24, 2.45) is 0 Å². The minimum Gasteiger partial charge on any atom is -0.464 e. The Morgan fingerprint density at radius 3 is 1.66 bits per heavy atom. The Morgan fingerprint density at radius 1 is 0.711 bits per heavy atom. The number of quaternary nitrogens is 1. The lowest BCUT2D eigenvalue weighted by atomic mass is 10.0. The largest absolute Gasteiger partial charge is 0.464 e. The van der Waals surface area contributed by atoms with E-state index in [1.165, 1.54) is 77.0 Å². The predicted molar refractivity (Wildman–Crippen MR) is 160 cm³/mol. The fraction of sp³-hybridized carbons (Fsp3) is 0.933. The standard InChI is InChI=1S/C30H62N2O5Si/c1-7-10-11-12-13-14-15-16-17-18-19-20-21-22-25-35-30(34)27-31-29(33)28-32(4,5)24-23-26-38(6,36-8-2)37-9-3/h7-28H2,1-6H3/p+1. The van der Waals surface area contributed by atoms with Crippen LogP contribution >= 0.6 is 0 Å². The molecule has 0 unspecified atom stereocenters. The van der Waals surface area contributed by atoms with Crippen LogP contribution in [0.25, 0.3) is 0 Å². The maximum atomic E-state index is 12.4. The van der Waals surface area contributed by atoms with Gasteiger partial charge in [0.1, 0.15) is 6.54 Å². The Hall–Kier alpha value is -0.963. The first kappa shape index (κ1) is 37.0. The summed E-state index contributed by atoms with van der Waals surface area (Å²) >= 11 is 0. The van der Waals surface area contributed by atoms with E-state index in [-0.39, 0.29) is 18.4 Å². The second-order valence-electron chi connectivity index (χ2n) is 11.5. The highest BCUT2D eigenvalue weighted by Gasteiger charge is 2.31. The van der Waals surface area contributed by atoms with Crippen molar-refractivity contribution in [2.75, 3.05) is 53.6 Å². The SMILES string of the molecule is CCCCCCCCCCCCCCCCOC(=O)CNC(=O)C[N+](C)(C)CCC[Si](C)(OCC)OCC. The van der Waals surface area contributed by atoms with Gasteiger partial charge in [0.25, 0.3) is 5.91 Å². The number of hydrogen-bond acceptors (Lipinski definition) is 5. The Balaban J connectivity index is 3.73. The predicted octanol–water partition coefficient (Wildman–Crippen LogP) is 6.74. The third kappa shape index (κ3) is 23.0. The first-order chi connectivity index (χ1) is 18.2. The van der Waals surface area contributed by atoms with Crippen LogP contribution < -0.4 is 5.32 Å². The van der Waals surface area contributed by atoms with Gasteiger partial charge in [-0.05, 0) is 39.3 Å². The lowest BCUT2D eigenvalue weighted by Crippen LogP contribution is -2.49. The number of unbranched alkanes of at least 4 members (excludes halogenated alkanes) is 13. The molecule has 0 heterocycles. The number of ether oxygens (including phenoxy) is 1. The maximum absolute atomic E-state index is 12.4. The molecular weight excluding hydrogens is 496 g/mol. The highest BCUT2D eigenvalue weighted by Crippen LogP contribution is 2.17. The van der Waals surface area contributed by atoms with Crippen molar-refractivity contribution >= 4 is 20.4 Å². The summed E-state index contributed by atoms with van der Waals surface area (Å²) in [7, 11) is 1.94. The normalized spacial score (nSPS) is 12.1. The van der Waals surface area contributed by atoms with Gasteiger partial charge in [-0.3, -0.25) is 9.59 Å². The molecule has 0 atom stereocenters. The molecule has 0 aliphatic rings. The van der Waals surface area contributed by atoms with Crippen LogP contribution in [0.2, 0.25) is 12.6 Å². The molecule has 7 nitrogen and oxygen atoms in total. The number of hydrogen-bond donors (Lipinski definition) is 1. The molecule has 0 aromatic carbocycles. The summed E-state index contributed by atoms with van der Waals surface area (Å²) in [6.45, 7) is 11.3. The van der Waals surface area contributed by atoms with Gasteiger partial charge < -0.3 is 23.4 Å². The molecule has 0 rings (SSSR count). The van der Waals surface area contributed by atoms with Crippen molar-refractivity contribution in [3.8, 4) is 0 Å². The lowest BCUT2D eigenvalue weighted by Gasteiger charge is -2.31. The average molecular weight is 560 g/mol. The van der Waals surface area contributed by atoms with Gasteiger partial charge in [-0.15, -0.1) is 0 Å². The molecule has 8 heteroatoms. The molecule has 1 N–H and O–H groups in total.